The van der Waals surface area contributed by atoms with Crippen molar-refractivity contribution < 1.29 is 9.00 Å². The van der Waals surface area contributed by atoms with E-state index in [1.165, 1.54) is 0 Å². The third-order valence-corrected chi connectivity index (χ3v) is 5.37. The van der Waals surface area contributed by atoms with Crippen molar-refractivity contribution in [1.29, 1.82) is 0 Å². The Morgan fingerprint density at radius 2 is 1.71 bits per heavy atom. The molecule has 1 aromatic rings. The van der Waals surface area contributed by atoms with E-state index in [1.54, 1.807) is 6.26 Å². The number of nitrogens with zero attached hydrogens (tertiary/aromatic N) is 2. The van der Waals surface area contributed by atoms with Crippen LogP contribution in [0.2, 0.25) is 0 Å². The van der Waals surface area contributed by atoms with E-state index < -0.39 is 10.8 Å². The van der Waals surface area contributed by atoms with Gasteiger partial charge in [-0.25, -0.2) is 0 Å². The summed E-state index contributed by atoms with van der Waals surface area (Å²) >= 11 is 0. The van der Waals surface area contributed by atoms with Crippen molar-refractivity contribution in [3.63, 3.8) is 0 Å². The Morgan fingerprint density at radius 1 is 1.12 bits per heavy atom. The number of hydrogen-bond donors (Lipinski definition) is 1. The molecule has 1 amide bonds. The number of anilines is 1. The van der Waals surface area contributed by atoms with Crippen molar-refractivity contribution in [2.45, 2.75) is 32.9 Å². The molecule has 0 spiro atoms. The van der Waals surface area contributed by atoms with Gasteiger partial charge in [-0.3, -0.25) is 13.9 Å². The highest BCUT2D eigenvalue weighted by atomic mass is 32.2. The van der Waals surface area contributed by atoms with E-state index in [0.29, 0.717) is 17.4 Å². The van der Waals surface area contributed by atoms with Crippen LogP contribution in [0.3, 0.4) is 0 Å². The normalized spacial score (nSPS) is 18.5. The summed E-state index contributed by atoms with van der Waals surface area (Å²) in [5.41, 5.74) is 1.81. The molecule has 134 valence electrons. The first-order valence-electron chi connectivity index (χ1n) is 8.56. The van der Waals surface area contributed by atoms with Crippen LogP contribution in [0.1, 0.15) is 31.1 Å². The number of carbonyl (C=O) groups excluding carboxylic acids is 1. The van der Waals surface area contributed by atoms with Crippen LogP contribution in [-0.2, 0) is 10.8 Å². The van der Waals surface area contributed by atoms with Gasteiger partial charge >= 0.3 is 0 Å². The minimum atomic E-state index is -0.907. The van der Waals surface area contributed by atoms with Crippen molar-refractivity contribution in [1.82, 2.24) is 10.2 Å². The van der Waals surface area contributed by atoms with Crippen LogP contribution >= 0.6 is 0 Å². The van der Waals surface area contributed by atoms with E-state index in [1.807, 2.05) is 31.2 Å². The van der Waals surface area contributed by atoms with Crippen LogP contribution in [-0.4, -0.2) is 65.3 Å². The van der Waals surface area contributed by atoms with Gasteiger partial charge in [0.2, 0.25) is 0 Å². The lowest BCUT2D eigenvalue weighted by Crippen LogP contribution is -2.48. The highest BCUT2D eigenvalue weighted by Crippen LogP contribution is 2.18. The minimum absolute atomic E-state index is 0.0906. The summed E-state index contributed by atoms with van der Waals surface area (Å²) in [6.45, 7) is 10.5. The minimum Gasteiger partial charge on any atom is -0.369 e. The molecule has 0 saturated carbocycles. The van der Waals surface area contributed by atoms with Gasteiger partial charge < -0.3 is 10.2 Å². The molecule has 2 unspecified atom stereocenters. The molecule has 0 bridgehead atoms. The lowest BCUT2D eigenvalue weighted by atomic mass is 10.1. The monoisotopic (exact) mass is 351 g/mol. The highest BCUT2D eigenvalue weighted by Gasteiger charge is 2.19. The highest BCUT2D eigenvalue weighted by molar-refractivity contribution is 7.84. The second-order valence-electron chi connectivity index (χ2n) is 6.78. The maximum atomic E-state index is 12.2. The van der Waals surface area contributed by atoms with E-state index in [0.717, 1.165) is 31.9 Å². The molecule has 6 heteroatoms. The maximum Gasteiger partial charge on any atom is 0.251 e. The van der Waals surface area contributed by atoms with E-state index >= 15 is 0 Å². The Morgan fingerprint density at radius 3 is 2.21 bits per heavy atom. The fourth-order valence-corrected chi connectivity index (χ4v) is 3.81. The van der Waals surface area contributed by atoms with Gasteiger partial charge in [-0.05, 0) is 45.0 Å². The van der Waals surface area contributed by atoms with Crippen molar-refractivity contribution >= 4 is 22.4 Å². The van der Waals surface area contributed by atoms with E-state index in [-0.39, 0.29) is 11.9 Å². The van der Waals surface area contributed by atoms with Crippen LogP contribution < -0.4 is 10.2 Å². The molecule has 5 nitrogen and oxygen atoms in total. The summed E-state index contributed by atoms with van der Waals surface area (Å²) in [6, 6.07) is 8.28. The molecule has 0 aromatic heterocycles. The summed E-state index contributed by atoms with van der Waals surface area (Å²) in [5, 5.41) is 2.89. The molecule has 1 aromatic carbocycles. The predicted molar refractivity (Wildman–Crippen MR) is 101 cm³/mol. The fourth-order valence-electron chi connectivity index (χ4n) is 3.02. The molecule has 1 saturated heterocycles. The van der Waals surface area contributed by atoms with Crippen molar-refractivity contribution in [3.05, 3.63) is 29.8 Å². The average Bonchev–Trinajstić information content (AvgIpc) is 2.54. The van der Waals surface area contributed by atoms with E-state index in [9.17, 15) is 9.00 Å². The SMILES string of the molecule is CC(CS(C)=O)NC(=O)c1ccc(N2CCN(C(C)C)CC2)cc1. The second kappa shape index (κ2) is 8.62. The van der Waals surface area contributed by atoms with Crippen molar-refractivity contribution in [2.75, 3.05) is 43.1 Å². The van der Waals surface area contributed by atoms with Crippen molar-refractivity contribution in [2.24, 2.45) is 0 Å². The number of carbonyl (C=O) groups is 1. The molecular formula is C18H29N3O2S. The topological polar surface area (TPSA) is 52.7 Å². The number of piperazine rings is 1. The van der Waals surface area contributed by atoms with Gasteiger partial charge in [-0.1, -0.05) is 0 Å². The Kier molecular flexibility index (Phi) is 6.80. The van der Waals surface area contributed by atoms with Crippen LogP contribution in [0.4, 0.5) is 5.69 Å². The maximum absolute atomic E-state index is 12.2. The van der Waals surface area contributed by atoms with Crippen molar-refractivity contribution in [3.8, 4) is 0 Å². The van der Waals surface area contributed by atoms with Crippen LogP contribution in [0, 0.1) is 0 Å². The molecule has 1 fully saturated rings. The summed E-state index contributed by atoms with van der Waals surface area (Å²) in [5.74, 6) is 0.369. The first kappa shape index (κ1) is 18.9. The molecule has 1 N–H and O–H groups in total. The largest absolute Gasteiger partial charge is 0.369 e. The molecule has 1 heterocycles. The zero-order chi connectivity index (χ0) is 17.7. The summed E-state index contributed by atoms with van der Waals surface area (Å²) in [4.78, 5) is 17.1. The van der Waals surface area contributed by atoms with Crippen LogP contribution in [0.15, 0.2) is 24.3 Å². The van der Waals surface area contributed by atoms with E-state index in [4.69, 9.17) is 0 Å². The number of amides is 1. The summed E-state index contributed by atoms with van der Waals surface area (Å²) < 4.78 is 11.2. The molecular weight excluding hydrogens is 322 g/mol. The first-order valence-corrected chi connectivity index (χ1v) is 10.3. The van der Waals surface area contributed by atoms with Gasteiger partial charge in [0.25, 0.3) is 5.91 Å². The lowest BCUT2D eigenvalue weighted by Gasteiger charge is -2.38. The number of hydrogen-bond acceptors (Lipinski definition) is 4. The standard InChI is InChI=1S/C18H29N3O2S/c1-14(2)20-9-11-21(12-10-20)17-7-5-16(6-8-17)18(22)19-15(3)13-24(4)23/h5-8,14-15H,9-13H2,1-4H3,(H,19,22). The molecule has 0 radical (unpaired) electrons. The molecule has 2 atom stereocenters. The Bertz CT molecular complexity index is 566. The number of nitrogens with one attached hydrogen (secondary N) is 1. The number of benzene rings is 1. The third-order valence-electron chi connectivity index (χ3n) is 4.40. The zero-order valence-electron chi connectivity index (χ0n) is 15.1. The molecule has 1 aliphatic heterocycles. The molecule has 24 heavy (non-hydrogen) atoms. The predicted octanol–water partition coefficient (Wildman–Crippen LogP) is 1.71. The fraction of sp³-hybridized carbons (Fsp3) is 0.611. The van der Waals surface area contributed by atoms with Gasteiger partial charge in [0.15, 0.2) is 0 Å². The van der Waals surface area contributed by atoms with Gasteiger partial charge in [-0.15, -0.1) is 0 Å². The van der Waals surface area contributed by atoms with Crippen LogP contribution in [0.5, 0.6) is 0 Å². The van der Waals surface area contributed by atoms with Crippen LogP contribution in [0.25, 0.3) is 0 Å². The Balaban J connectivity index is 1.91. The zero-order valence-corrected chi connectivity index (χ0v) is 15.9. The molecule has 0 aliphatic carbocycles. The molecule has 2 rings (SSSR count). The smallest absolute Gasteiger partial charge is 0.251 e. The quantitative estimate of drug-likeness (QED) is 0.848. The van der Waals surface area contributed by atoms with Gasteiger partial charge in [0.1, 0.15) is 0 Å². The van der Waals surface area contributed by atoms with E-state index in [2.05, 4.69) is 29.0 Å². The second-order valence-corrected chi connectivity index (χ2v) is 8.26. The van der Waals surface area contributed by atoms with Gasteiger partial charge in [-0.2, -0.15) is 0 Å². The summed E-state index contributed by atoms with van der Waals surface area (Å²) in [7, 11) is -0.907. The Labute approximate surface area is 147 Å². The summed E-state index contributed by atoms with van der Waals surface area (Å²) in [6.07, 6.45) is 1.65. The van der Waals surface area contributed by atoms with Gasteiger partial charge in [0, 0.05) is 72.3 Å². The molecule has 1 aliphatic rings. The number of rotatable bonds is 6. The first-order chi connectivity index (χ1) is 11.4. The lowest BCUT2D eigenvalue weighted by molar-refractivity contribution is 0.0943. The average molecular weight is 352 g/mol. The third kappa shape index (κ3) is 5.31. The van der Waals surface area contributed by atoms with Gasteiger partial charge in [0.05, 0.1) is 0 Å². The Hall–Kier alpha value is -1.40.